The van der Waals surface area contributed by atoms with E-state index in [0.717, 1.165) is 17.0 Å². The third-order valence-corrected chi connectivity index (χ3v) is 7.09. The first-order valence-corrected chi connectivity index (χ1v) is 14.1. The number of halogens is 3. The molecular formula is C26H29F3N4O5S. The van der Waals surface area contributed by atoms with Crippen molar-refractivity contribution >= 4 is 15.7 Å². The molecule has 39 heavy (non-hydrogen) atoms. The topological polar surface area (TPSA) is 112 Å². The first-order valence-electron chi connectivity index (χ1n) is 12.2. The molecular weight excluding hydrogens is 537 g/mol. The molecule has 0 amide bonds. The van der Waals surface area contributed by atoms with Crippen LogP contribution in [0.1, 0.15) is 29.5 Å². The Labute approximate surface area is 224 Å². The second-order valence-corrected chi connectivity index (χ2v) is 11.0. The number of hydrogen-bond donors (Lipinski definition) is 2. The van der Waals surface area contributed by atoms with Crippen molar-refractivity contribution in [1.29, 1.82) is 0 Å². The summed E-state index contributed by atoms with van der Waals surface area (Å²) in [6.07, 6.45) is -1.63. The van der Waals surface area contributed by atoms with Gasteiger partial charge in [-0.15, -0.1) is 0 Å². The highest BCUT2D eigenvalue weighted by Crippen LogP contribution is 2.37. The molecule has 3 aromatic rings. The fraction of sp³-hybridized carbons (Fsp3) is 0.385. The van der Waals surface area contributed by atoms with Gasteiger partial charge in [0.25, 0.3) is 5.56 Å². The second-order valence-electron chi connectivity index (χ2n) is 9.15. The lowest BCUT2D eigenvalue weighted by Crippen LogP contribution is -2.28. The lowest BCUT2D eigenvalue weighted by Gasteiger charge is -2.19. The van der Waals surface area contributed by atoms with Crippen molar-refractivity contribution in [2.45, 2.75) is 31.9 Å². The summed E-state index contributed by atoms with van der Waals surface area (Å²) < 4.78 is 78.6. The molecule has 0 radical (unpaired) electrons. The van der Waals surface area contributed by atoms with Gasteiger partial charge in [-0.05, 0) is 61.6 Å². The number of benzene rings is 2. The highest BCUT2D eigenvalue weighted by molar-refractivity contribution is 7.88. The van der Waals surface area contributed by atoms with E-state index < -0.39 is 33.0 Å². The molecule has 1 aromatic heterocycles. The van der Waals surface area contributed by atoms with Crippen molar-refractivity contribution in [2.75, 3.05) is 38.9 Å². The Morgan fingerprint density at radius 1 is 1.00 bits per heavy atom. The van der Waals surface area contributed by atoms with Crippen LogP contribution in [0.3, 0.4) is 0 Å². The summed E-state index contributed by atoms with van der Waals surface area (Å²) in [5.74, 6) is 0.950. The molecule has 0 spiro atoms. The van der Waals surface area contributed by atoms with Gasteiger partial charge in [0, 0.05) is 36.0 Å². The number of alkyl halides is 3. The van der Waals surface area contributed by atoms with E-state index in [9.17, 15) is 26.4 Å². The smallest absolute Gasteiger partial charge is 0.418 e. The number of fused-ring (bicyclic) bond motifs is 1. The van der Waals surface area contributed by atoms with Gasteiger partial charge in [-0.25, -0.2) is 13.1 Å². The van der Waals surface area contributed by atoms with Crippen LogP contribution in [0.15, 0.2) is 41.2 Å². The van der Waals surface area contributed by atoms with Crippen LogP contribution >= 0.6 is 0 Å². The van der Waals surface area contributed by atoms with Crippen LogP contribution in [0, 0.1) is 0 Å². The van der Waals surface area contributed by atoms with Gasteiger partial charge in [0.2, 0.25) is 10.0 Å². The van der Waals surface area contributed by atoms with Gasteiger partial charge in [-0.3, -0.25) is 4.79 Å². The zero-order valence-corrected chi connectivity index (χ0v) is 22.5. The summed E-state index contributed by atoms with van der Waals surface area (Å²) in [6, 6.07) is 8.47. The lowest BCUT2D eigenvalue weighted by atomic mass is 10.0. The Morgan fingerprint density at radius 2 is 1.67 bits per heavy atom. The lowest BCUT2D eigenvalue weighted by molar-refractivity contribution is -0.137. The highest BCUT2D eigenvalue weighted by Gasteiger charge is 2.35. The molecule has 1 heterocycles. The molecule has 0 unspecified atom stereocenters. The zero-order valence-electron chi connectivity index (χ0n) is 21.7. The summed E-state index contributed by atoms with van der Waals surface area (Å²) in [5, 5.41) is 7.47. The highest BCUT2D eigenvalue weighted by atomic mass is 32.2. The molecule has 0 aliphatic heterocycles. The number of nitrogens with one attached hydrogen (secondary N) is 2. The summed E-state index contributed by atoms with van der Waals surface area (Å²) in [4.78, 5) is 13.5. The number of methoxy groups -OCH3 is 2. The Hall–Kier alpha value is -3.58. The van der Waals surface area contributed by atoms with E-state index in [0.29, 0.717) is 65.3 Å². The Morgan fingerprint density at radius 3 is 2.28 bits per heavy atom. The summed E-state index contributed by atoms with van der Waals surface area (Å²) in [6.45, 7) is 0.452. The van der Waals surface area contributed by atoms with E-state index >= 15 is 0 Å². The van der Waals surface area contributed by atoms with E-state index in [1.807, 2.05) is 0 Å². The molecule has 13 heteroatoms. The van der Waals surface area contributed by atoms with Crippen molar-refractivity contribution in [3.63, 3.8) is 0 Å². The number of rotatable bonds is 10. The molecule has 0 bridgehead atoms. The third kappa shape index (κ3) is 6.53. The molecule has 4 rings (SSSR count). The van der Waals surface area contributed by atoms with Crippen LogP contribution in [0.25, 0.3) is 16.9 Å². The quantitative estimate of drug-likeness (QED) is 0.360. The summed E-state index contributed by atoms with van der Waals surface area (Å²) in [5.41, 5.74) is 0.396. The van der Waals surface area contributed by atoms with Crippen LogP contribution in [0.2, 0.25) is 0 Å². The molecule has 1 aliphatic rings. The maximum Gasteiger partial charge on any atom is 0.418 e. The van der Waals surface area contributed by atoms with Gasteiger partial charge in [-0.2, -0.15) is 23.0 Å². The monoisotopic (exact) mass is 566 g/mol. The molecule has 0 saturated carbocycles. The van der Waals surface area contributed by atoms with E-state index in [1.165, 1.54) is 26.4 Å². The van der Waals surface area contributed by atoms with Crippen LogP contribution in [0.4, 0.5) is 18.9 Å². The fourth-order valence-electron chi connectivity index (χ4n) is 4.55. The Kier molecular flexibility index (Phi) is 8.21. The fourth-order valence-corrected chi connectivity index (χ4v) is 5.06. The largest absolute Gasteiger partial charge is 0.497 e. The molecule has 0 atom stereocenters. The standard InChI is InChI=1S/C26H29F3N4O5S/c1-37-18-12-16(13-19(15-18)38-2)24-20-6-4-7-21(20)25(34)33(32-24)23-14-17(8-9-22(23)26(27,28)29)30-10-5-11-31-39(3,35)36/h8-9,12-15,30-31H,4-7,10-11H2,1-3H3. The Bertz CT molecular complexity index is 1520. The van der Waals surface area contributed by atoms with Gasteiger partial charge in [-0.1, -0.05) is 0 Å². The average molecular weight is 567 g/mol. The maximum atomic E-state index is 14.1. The van der Waals surface area contributed by atoms with Crippen molar-refractivity contribution in [2.24, 2.45) is 0 Å². The molecule has 0 fully saturated rings. The number of sulfonamides is 1. The predicted molar refractivity (Wildman–Crippen MR) is 141 cm³/mol. The SMILES string of the molecule is COc1cc(OC)cc(-c2nn(-c3cc(NCCCNS(C)(=O)=O)ccc3C(F)(F)F)c(=O)c3c2CCC3)c1. The summed E-state index contributed by atoms with van der Waals surface area (Å²) in [7, 11) is -0.367. The zero-order chi connectivity index (χ0) is 28.4. The average Bonchev–Trinajstić information content (AvgIpc) is 3.37. The van der Waals surface area contributed by atoms with Crippen LogP contribution in [-0.2, 0) is 29.0 Å². The van der Waals surface area contributed by atoms with Gasteiger partial charge < -0.3 is 14.8 Å². The van der Waals surface area contributed by atoms with Gasteiger partial charge in [0.05, 0.1) is 37.4 Å². The third-order valence-electron chi connectivity index (χ3n) is 6.36. The van der Waals surface area contributed by atoms with Crippen molar-refractivity contribution in [3.05, 3.63) is 63.4 Å². The van der Waals surface area contributed by atoms with E-state index in [1.54, 1.807) is 18.2 Å². The predicted octanol–water partition coefficient (Wildman–Crippen LogP) is 3.78. The van der Waals surface area contributed by atoms with Gasteiger partial charge in [0.15, 0.2) is 0 Å². The number of anilines is 1. The molecule has 210 valence electrons. The van der Waals surface area contributed by atoms with Crippen LogP contribution in [0.5, 0.6) is 11.5 Å². The number of aromatic nitrogens is 2. The molecule has 0 saturated heterocycles. The molecule has 9 nitrogen and oxygen atoms in total. The summed E-state index contributed by atoms with van der Waals surface area (Å²) >= 11 is 0. The van der Waals surface area contributed by atoms with E-state index in [-0.39, 0.29) is 13.1 Å². The first kappa shape index (κ1) is 28.4. The van der Waals surface area contributed by atoms with Gasteiger partial charge >= 0.3 is 6.18 Å². The Balaban J connectivity index is 1.81. The number of nitrogens with zero attached hydrogens (tertiary/aromatic N) is 2. The van der Waals surface area contributed by atoms with Crippen LogP contribution in [-0.4, -0.2) is 51.8 Å². The maximum absolute atomic E-state index is 14.1. The molecule has 2 N–H and O–H groups in total. The van der Waals surface area contributed by atoms with Gasteiger partial charge in [0.1, 0.15) is 11.5 Å². The minimum atomic E-state index is -4.74. The van der Waals surface area contributed by atoms with E-state index in [2.05, 4.69) is 15.1 Å². The molecule has 2 aromatic carbocycles. The minimum Gasteiger partial charge on any atom is -0.497 e. The minimum absolute atomic E-state index is 0.165. The number of hydrogen-bond acceptors (Lipinski definition) is 7. The van der Waals surface area contributed by atoms with Crippen LogP contribution < -0.4 is 25.1 Å². The van der Waals surface area contributed by atoms with Crippen molar-refractivity contribution < 1.29 is 31.1 Å². The van der Waals surface area contributed by atoms with E-state index in [4.69, 9.17) is 9.47 Å². The first-order chi connectivity index (χ1) is 18.4. The van der Waals surface area contributed by atoms with Crippen molar-refractivity contribution in [1.82, 2.24) is 14.5 Å². The second kappa shape index (κ2) is 11.3. The number of ether oxygens (including phenoxy) is 2. The van der Waals surface area contributed by atoms with Crippen molar-refractivity contribution in [3.8, 4) is 28.4 Å². The molecule has 1 aliphatic carbocycles. The normalized spacial score (nSPS) is 13.3.